The standard InChI is InChI=1S/C17H25N3O3S.ClH/c1-12(2)7-9-24-16-5-4-13(10-15(16)20(22)23)17(21)19(3)14-6-8-18-11-14;/h4-5,10,12,14,18H,6-9,11H2,1-3H3;1H. The molecule has 0 aliphatic carbocycles. The number of hydrogen-bond acceptors (Lipinski definition) is 5. The Morgan fingerprint density at radius 3 is 2.76 bits per heavy atom. The van der Waals surface area contributed by atoms with Crippen LogP contribution in [0.1, 0.15) is 37.0 Å². The summed E-state index contributed by atoms with van der Waals surface area (Å²) in [5.74, 6) is 1.23. The number of benzene rings is 1. The predicted octanol–water partition coefficient (Wildman–Crippen LogP) is 3.59. The normalized spacial score (nSPS) is 16.6. The molecule has 8 heteroatoms. The van der Waals surface area contributed by atoms with Gasteiger partial charge < -0.3 is 10.2 Å². The fourth-order valence-corrected chi connectivity index (χ4v) is 3.91. The molecule has 6 nitrogen and oxygen atoms in total. The van der Waals surface area contributed by atoms with E-state index in [1.807, 2.05) is 0 Å². The highest BCUT2D eigenvalue weighted by Gasteiger charge is 2.26. The van der Waals surface area contributed by atoms with Gasteiger partial charge in [0.25, 0.3) is 11.6 Å². The van der Waals surface area contributed by atoms with Crippen LogP contribution in [0.15, 0.2) is 23.1 Å². The first-order chi connectivity index (χ1) is 11.4. The molecule has 1 atom stereocenters. The summed E-state index contributed by atoms with van der Waals surface area (Å²) >= 11 is 1.48. The number of nitrogens with one attached hydrogen (secondary N) is 1. The Morgan fingerprint density at radius 2 is 2.20 bits per heavy atom. The van der Waals surface area contributed by atoms with Gasteiger partial charge in [-0.3, -0.25) is 14.9 Å². The molecule has 1 heterocycles. The van der Waals surface area contributed by atoms with E-state index in [2.05, 4.69) is 19.2 Å². The van der Waals surface area contributed by atoms with Crippen LogP contribution in [0.3, 0.4) is 0 Å². The quantitative estimate of drug-likeness (QED) is 0.439. The van der Waals surface area contributed by atoms with Crippen molar-refractivity contribution < 1.29 is 9.72 Å². The van der Waals surface area contributed by atoms with Crippen molar-refractivity contribution in [1.29, 1.82) is 0 Å². The number of halogens is 1. The molecule has 1 aliphatic rings. The van der Waals surface area contributed by atoms with Crippen molar-refractivity contribution in [1.82, 2.24) is 10.2 Å². The molecule has 1 N–H and O–H groups in total. The minimum atomic E-state index is -0.397. The SMILES string of the molecule is CC(C)CCSc1ccc(C(=O)N(C)C2CCNC2)cc1[N+](=O)[O-].Cl. The third-order valence-corrected chi connectivity index (χ3v) is 5.35. The van der Waals surface area contributed by atoms with E-state index in [1.54, 1.807) is 24.1 Å². The zero-order valence-electron chi connectivity index (χ0n) is 14.9. The van der Waals surface area contributed by atoms with Crippen molar-refractivity contribution >= 4 is 35.8 Å². The van der Waals surface area contributed by atoms with Gasteiger partial charge in [-0.05, 0) is 43.2 Å². The highest BCUT2D eigenvalue weighted by Crippen LogP contribution is 2.31. The first kappa shape index (κ1) is 21.7. The van der Waals surface area contributed by atoms with Crippen molar-refractivity contribution in [3.05, 3.63) is 33.9 Å². The Hall–Kier alpha value is -1.31. The number of hydrogen-bond donors (Lipinski definition) is 1. The second-order valence-corrected chi connectivity index (χ2v) is 7.67. The summed E-state index contributed by atoms with van der Waals surface area (Å²) in [7, 11) is 1.76. The number of carbonyl (C=O) groups excluding carboxylic acids is 1. The Bertz CT molecular complexity index is 607. The van der Waals surface area contributed by atoms with E-state index >= 15 is 0 Å². The number of rotatable bonds is 7. The zero-order valence-corrected chi connectivity index (χ0v) is 16.5. The first-order valence-electron chi connectivity index (χ1n) is 8.29. The molecule has 2 rings (SSSR count). The number of likely N-dealkylation sites (N-methyl/N-ethyl adjacent to an activating group) is 1. The summed E-state index contributed by atoms with van der Waals surface area (Å²) in [6.45, 7) is 5.93. The zero-order chi connectivity index (χ0) is 17.7. The molecular formula is C17H26ClN3O3S. The van der Waals surface area contributed by atoms with Crippen LogP contribution < -0.4 is 5.32 Å². The number of nitro benzene ring substituents is 1. The topological polar surface area (TPSA) is 75.5 Å². The lowest BCUT2D eigenvalue weighted by molar-refractivity contribution is -0.387. The van der Waals surface area contributed by atoms with E-state index < -0.39 is 4.92 Å². The van der Waals surface area contributed by atoms with Crippen LogP contribution in [0.2, 0.25) is 0 Å². The Labute approximate surface area is 159 Å². The predicted molar refractivity (Wildman–Crippen MR) is 104 cm³/mol. The first-order valence-corrected chi connectivity index (χ1v) is 9.27. The molecule has 1 unspecified atom stereocenters. The van der Waals surface area contributed by atoms with E-state index in [1.165, 1.54) is 17.8 Å². The van der Waals surface area contributed by atoms with Crippen molar-refractivity contribution in [2.24, 2.45) is 5.92 Å². The number of nitrogens with zero attached hydrogens (tertiary/aromatic N) is 2. The Balaban J connectivity index is 0.00000312. The van der Waals surface area contributed by atoms with Crippen LogP contribution in [0.4, 0.5) is 5.69 Å². The molecule has 0 saturated carbocycles. The lowest BCUT2D eigenvalue weighted by atomic mass is 10.1. The molecule has 0 aromatic heterocycles. The maximum absolute atomic E-state index is 12.6. The van der Waals surface area contributed by atoms with Gasteiger partial charge in [-0.1, -0.05) is 13.8 Å². The largest absolute Gasteiger partial charge is 0.337 e. The fourth-order valence-electron chi connectivity index (χ4n) is 2.66. The summed E-state index contributed by atoms with van der Waals surface area (Å²) in [6.07, 6.45) is 1.91. The van der Waals surface area contributed by atoms with Gasteiger partial charge in [-0.15, -0.1) is 24.2 Å². The van der Waals surface area contributed by atoms with Gasteiger partial charge in [0.2, 0.25) is 0 Å². The molecular weight excluding hydrogens is 362 g/mol. The monoisotopic (exact) mass is 387 g/mol. The molecule has 0 bridgehead atoms. The fraction of sp³-hybridized carbons (Fsp3) is 0.588. The molecule has 1 fully saturated rings. The lowest BCUT2D eigenvalue weighted by Crippen LogP contribution is -2.38. The van der Waals surface area contributed by atoms with Gasteiger partial charge in [0.05, 0.1) is 9.82 Å². The van der Waals surface area contributed by atoms with Crippen molar-refractivity contribution in [2.45, 2.75) is 37.6 Å². The van der Waals surface area contributed by atoms with E-state index in [9.17, 15) is 14.9 Å². The van der Waals surface area contributed by atoms with Crippen molar-refractivity contribution in [3.63, 3.8) is 0 Å². The average molecular weight is 388 g/mol. The van der Waals surface area contributed by atoms with Gasteiger partial charge >= 0.3 is 0 Å². The summed E-state index contributed by atoms with van der Waals surface area (Å²) < 4.78 is 0. The minimum absolute atomic E-state index is 0. The maximum Gasteiger partial charge on any atom is 0.283 e. The summed E-state index contributed by atoms with van der Waals surface area (Å²) in [5.41, 5.74) is 0.400. The second kappa shape index (κ2) is 9.99. The highest BCUT2D eigenvalue weighted by atomic mass is 35.5. The van der Waals surface area contributed by atoms with Crippen LogP contribution in [0.25, 0.3) is 0 Å². The van der Waals surface area contributed by atoms with E-state index in [4.69, 9.17) is 0 Å². The summed E-state index contributed by atoms with van der Waals surface area (Å²) in [4.78, 5) is 25.9. The molecule has 1 saturated heterocycles. The van der Waals surface area contributed by atoms with Crippen LogP contribution in [-0.4, -0.2) is 47.7 Å². The summed E-state index contributed by atoms with van der Waals surface area (Å²) in [6, 6.07) is 4.97. The number of nitro groups is 1. The van der Waals surface area contributed by atoms with E-state index in [-0.39, 0.29) is 30.0 Å². The molecule has 140 valence electrons. The molecule has 0 radical (unpaired) electrons. The van der Waals surface area contributed by atoms with Gasteiger partial charge in [-0.2, -0.15) is 0 Å². The van der Waals surface area contributed by atoms with Gasteiger partial charge in [0.15, 0.2) is 0 Å². The van der Waals surface area contributed by atoms with Gasteiger partial charge in [0.1, 0.15) is 0 Å². The number of carbonyl (C=O) groups is 1. The smallest absolute Gasteiger partial charge is 0.283 e. The van der Waals surface area contributed by atoms with Crippen LogP contribution in [-0.2, 0) is 0 Å². The highest BCUT2D eigenvalue weighted by molar-refractivity contribution is 7.99. The molecule has 1 aromatic carbocycles. The van der Waals surface area contributed by atoms with E-state index in [0.717, 1.165) is 31.7 Å². The second-order valence-electron chi connectivity index (χ2n) is 6.53. The summed E-state index contributed by atoms with van der Waals surface area (Å²) in [5, 5.41) is 14.6. The van der Waals surface area contributed by atoms with Gasteiger partial charge in [0, 0.05) is 31.3 Å². The van der Waals surface area contributed by atoms with Crippen LogP contribution in [0, 0.1) is 16.0 Å². The number of thioether (sulfide) groups is 1. The molecule has 1 amide bonds. The van der Waals surface area contributed by atoms with Crippen LogP contribution in [0.5, 0.6) is 0 Å². The van der Waals surface area contributed by atoms with E-state index in [0.29, 0.717) is 16.4 Å². The minimum Gasteiger partial charge on any atom is -0.337 e. The molecule has 0 spiro atoms. The average Bonchev–Trinajstić information content (AvgIpc) is 3.07. The third-order valence-electron chi connectivity index (χ3n) is 4.26. The third kappa shape index (κ3) is 5.87. The van der Waals surface area contributed by atoms with Crippen LogP contribution >= 0.6 is 24.2 Å². The molecule has 1 aliphatic heterocycles. The van der Waals surface area contributed by atoms with Crippen molar-refractivity contribution in [3.8, 4) is 0 Å². The van der Waals surface area contributed by atoms with Gasteiger partial charge in [-0.25, -0.2) is 0 Å². The Morgan fingerprint density at radius 1 is 1.48 bits per heavy atom. The molecule has 1 aromatic rings. The molecule has 25 heavy (non-hydrogen) atoms. The maximum atomic E-state index is 12.6. The Kier molecular flexibility index (Phi) is 8.68. The van der Waals surface area contributed by atoms with Crippen molar-refractivity contribution in [2.75, 3.05) is 25.9 Å². The lowest BCUT2D eigenvalue weighted by Gasteiger charge is -2.23. The number of amides is 1.